The van der Waals surface area contributed by atoms with Crippen molar-refractivity contribution in [1.29, 1.82) is 0 Å². The van der Waals surface area contributed by atoms with Gasteiger partial charge in [0.25, 0.3) is 0 Å². The second kappa shape index (κ2) is 8.73. The highest BCUT2D eigenvalue weighted by molar-refractivity contribution is 5.79. The number of hydrogen-bond donors (Lipinski definition) is 2. The number of rotatable bonds is 6. The zero-order valence-corrected chi connectivity index (χ0v) is 13.6. The highest BCUT2D eigenvalue weighted by atomic mass is 19.1. The van der Waals surface area contributed by atoms with E-state index < -0.39 is 0 Å². The van der Waals surface area contributed by atoms with Crippen molar-refractivity contribution >= 4 is 5.96 Å². The molecule has 2 rings (SSSR count). The maximum Gasteiger partial charge on any atom is 0.191 e. The zero-order chi connectivity index (χ0) is 15.8. The number of likely N-dealkylation sites (tertiary alicyclic amines) is 1. The van der Waals surface area contributed by atoms with Crippen LogP contribution in [0.5, 0.6) is 0 Å². The molecule has 0 radical (unpaired) electrons. The normalized spacial score (nSPS) is 17.5. The Hall–Kier alpha value is -1.62. The predicted molar refractivity (Wildman–Crippen MR) is 89.5 cm³/mol. The van der Waals surface area contributed by atoms with Gasteiger partial charge in [-0.25, -0.2) is 4.39 Å². The van der Waals surface area contributed by atoms with Crippen LogP contribution in [0.1, 0.15) is 31.7 Å². The first-order valence-corrected chi connectivity index (χ1v) is 8.16. The van der Waals surface area contributed by atoms with E-state index in [1.807, 2.05) is 6.07 Å². The van der Waals surface area contributed by atoms with Gasteiger partial charge in [-0.3, -0.25) is 9.89 Å². The minimum absolute atomic E-state index is 0.206. The molecule has 0 aliphatic carbocycles. The van der Waals surface area contributed by atoms with Gasteiger partial charge >= 0.3 is 0 Å². The quantitative estimate of drug-likeness (QED) is 0.626. The van der Waals surface area contributed by atoms with Crippen molar-refractivity contribution in [2.45, 2.75) is 38.8 Å². The summed E-state index contributed by atoms with van der Waals surface area (Å²) in [4.78, 5) is 6.79. The van der Waals surface area contributed by atoms with Crippen molar-refractivity contribution in [2.24, 2.45) is 4.99 Å². The SMILES string of the molecule is CCC(CNC(=NC)NCc1cccc(F)c1)N1CCCC1. The van der Waals surface area contributed by atoms with E-state index in [0.717, 1.165) is 24.5 Å². The molecule has 1 aliphatic heterocycles. The smallest absolute Gasteiger partial charge is 0.191 e. The van der Waals surface area contributed by atoms with Crippen LogP contribution in [0.3, 0.4) is 0 Å². The lowest BCUT2D eigenvalue weighted by Crippen LogP contribution is -2.46. The molecule has 122 valence electrons. The van der Waals surface area contributed by atoms with E-state index in [0.29, 0.717) is 12.6 Å². The Bertz CT molecular complexity index is 483. The fourth-order valence-corrected chi connectivity index (χ4v) is 2.91. The Labute approximate surface area is 132 Å². The van der Waals surface area contributed by atoms with Gasteiger partial charge in [-0.2, -0.15) is 0 Å². The monoisotopic (exact) mass is 306 g/mol. The molecule has 0 bridgehead atoms. The van der Waals surface area contributed by atoms with Crippen LogP contribution in [0.15, 0.2) is 29.3 Å². The van der Waals surface area contributed by atoms with Crippen LogP contribution in [0.4, 0.5) is 4.39 Å². The molecule has 1 aromatic rings. The molecule has 5 heteroatoms. The highest BCUT2D eigenvalue weighted by Gasteiger charge is 2.20. The maximum atomic E-state index is 13.2. The van der Waals surface area contributed by atoms with Gasteiger partial charge in [-0.15, -0.1) is 0 Å². The lowest BCUT2D eigenvalue weighted by atomic mass is 10.2. The van der Waals surface area contributed by atoms with Crippen LogP contribution in [-0.4, -0.2) is 43.6 Å². The van der Waals surface area contributed by atoms with Crippen molar-refractivity contribution in [2.75, 3.05) is 26.7 Å². The number of benzene rings is 1. The molecular weight excluding hydrogens is 279 g/mol. The number of nitrogens with zero attached hydrogens (tertiary/aromatic N) is 2. The summed E-state index contributed by atoms with van der Waals surface area (Å²) in [6, 6.07) is 7.18. The van der Waals surface area contributed by atoms with Gasteiger partial charge in [0.05, 0.1) is 0 Å². The average molecular weight is 306 g/mol. The first-order valence-electron chi connectivity index (χ1n) is 8.16. The van der Waals surface area contributed by atoms with Gasteiger partial charge in [0.2, 0.25) is 0 Å². The Morgan fingerprint density at radius 1 is 1.32 bits per heavy atom. The van der Waals surface area contributed by atoms with E-state index >= 15 is 0 Å². The number of hydrogen-bond acceptors (Lipinski definition) is 2. The number of halogens is 1. The predicted octanol–water partition coefficient (Wildman–Crippen LogP) is 2.37. The van der Waals surface area contributed by atoms with Crippen molar-refractivity contribution in [3.63, 3.8) is 0 Å². The first kappa shape index (κ1) is 16.7. The summed E-state index contributed by atoms with van der Waals surface area (Å²) in [5.74, 6) is 0.559. The molecule has 1 fully saturated rings. The van der Waals surface area contributed by atoms with E-state index in [9.17, 15) is 4.39 Å². The second-order valence-corrected chi connectivity index (χ2v) is 5.74. The van der Waals surface area contributed by atoms with Crippen molar-refractivity contribution in [3.8, 4) is 0 Å². The number of nitrogens with one attached hydrogen (secondary N) is 2. The van der Waals surface area contributed by atoms with E-state index in [4.69, 9.17) is 0 Å². The van der Waals surface area contributed by atoms with Gasteiger partial charge in [0.1, 0.15) is 5.82 Å². The second-order valence-electron chi connectivity index (χ2n) is 5.74. The standard InChI is InChI=1S/C17H27FN4/c1-3-16(22-9-4-5-10-22)13-21-17(19-2)20-12-14-7-6-8-15(18)11-14/h6-8,11,16H,3-5,9-10,12-13H2,1-2H3,(H2,19,20,21). The molecule has 22 heavy (non-hydrogen) atoms. The Kier molecular flexibility index (Phi) is 6.65. The van der Waals surface area contributed by atoms with E-state index in [-0.39, 0.29) is 5.82 Å². The third-order valence-corrected chi connectivity index (χ3v) is 4.21. The van der Waals surface area contributed by atoms with Crippen LogP contribution in [0, 0.1) is 5.82 Å². The molecule has 2 N–H and O–H groups in total. The molecule has 0 spiro atoms. The van der Waals surface area contributed by atoms with Crippen LogP contribution in [0.25, 0.3) is 0 Å². The van der Waals surface area contributed by atoms with E-state index in [1.54, 1.807) is 19.2 Å². The summed E-state index contributed by atoms with van der Waals surface area (Å²) in [6.45, 7) is 6.09. The summed E-state index contributed by atoms with van der Waals surface area (Å²) in [7, 11) is 1.76. The third kappa shape index (κ3) is 4.98. The van der Waals surface area contributed by atoms with Crippen LogP contribution in [0.2, 0.25) is 0 Å². The summed E-state index contributed by atoms with van der Waals surface area (Å²) < 4.78 is 13.2. The Morgan fingerprint density at radius 3 is 2.73 bits per heavy atom. The molecule has 4 nitrogen and oxygen atoms in total. The average Bonchev–Trinajstić information content (AvgIpc) is 3.05. The van der Waals surface area contributed by atoms with Crippen molar-refractivity contribution < 1.29 is 4.39 Å². The molecule has 1 saturated heterocycles. The fraction of sp³-hybridized carbons (Fsp3) is 0.588. The molecule has 1 aromatic carbocycles. The fourth-order valence-electron chi connectivity index (χ4n) is 2.91. The number of aliphatic imine (C=N–C) groups is 1. The topological polar surface area (TPSA) is 39.7 Å². The van der Waals surface area contributed by atoms with Gasteiger partial charge in [-0.05, 0) is 50.0 Å². The van der Waals surface area contributed by atoms with Crippen LogP contribution >= 0.6 is 0 Å². The zero-order valence-electron chi connectivity index (χ0n) is 13.6. The summed E-state index contributed by atoms with van der Waals surface area (Å²) in [5, 5.41) is 6.62. The highest BCUT2D eigenvalue weighted by Crippen LogP contribution is 2.13. The molecule has 1 unspecified atom stereocenters. The van der Waals surface area contributed by atoms with E-state index in [2.05, 4.69) is 27.4 Å². The molecule has 1 heterocycles. The third-order valence-electron chi connectivity index (χ3n) is 4.21. The lowest BCUT2D eigenvalue weighted by Gasteiger charge is -2.27. The largest absolute Gasteiger partial charge is 0.355 e. The minimum Gasteiger partial charge on any atom is -0.355 e. The van der Waals surface area contributed by atoms with Crippen LogP contribution < -0.4 is 10.6 Å². The van der Waals surface area contributed by atoms with E-state index in [1.165, 1.54) is 32.0 Å². The number of guanidine groups is 1. The Morgan fingerprint density at radius 2 is 2.09 bits per heavy atom. The van der Waals surface area contributed by atoms with Gasteiger partial charge in [-0.1, -0.05) is 19.1 Å². The molecular formula is C17H27FN4. The van der Waals surface area contributed by atoms with Gasteiger partial charge in [0.15, 0.2) is 5.96 Å². The van der Waals surface area contributed by atoms with Gasteiger partial charge < -0.3 is 10.6 Å². The van der Waals surface area contributed by atoms with Crippen molar-refractivity contribution in [1.82, 2.24) is 15.5 Å². The summed E-state index contributed by atoms with van der Waals surface area (Å²) in [6.07, 6.45) is 3.75. The summed E-state index contributed by atoms with van der Waals surface area (Å²) in [5.41, 5.74) is 0.912. The molecule has 0 amide bonds. The minimum atomic E-state index is -0.206. The molecule has 1 atom stereocenters. The lowest BCUT2D eigenvalue weighted by molar-refractivity contribution is 0.236. The van der Waals surface area contributed by atoms with Crippen molar-refractivity contribution in [3.05, 3.63) is 35.6 Å². The van der Waals surface area contributed by atoms with Crippen LogP contribution in [-0.2, 0) is 6.54 Å². The summed E-state index contributed by atoms with van der Waals surface area (Å²) >= 11 is 0. The first-order chi connectivity index (χ1) is 10.7. The van der Waals surface area contributed by atoms with Gasteiger partial charge in [0, 0.05) is 26.2 Å². The molecule has 0 aromatic heterocycles. The molecule has 1 aliphatic rings. The molecule has 0 saturated carbocycles. The maximum absolute atomic E-state index is 13.2. The Balaban J connectivity index is 1.79.